The average molecular weight is 313 g/mol. The Balaban J connectivity index is 1.55. The van der Waals surface area contributed by atoms with Crippen molar-refractivity contribution < 1.29 is 15.0 Å². The highest BCUT2D eigenvalue weighted by molar-refractivity contribution is 5.97. The zero-order valence-electron chi connectivity index (χ0n) is 12.7. The number of benzene rings is 1. The summed E-state index contributed by atoms with van der Waals surface area (Å²) in [5, 5.41) is 19.6. The second-order valence-corrected chi connectivity index (χ2v) is 6.60. The van der Waals surface area contributed by atoms with Crippen molar-refractivity contribution in [3.63, 3.8) is 0 Å². The minimum Gasteiger partial charge on any atom is -0.390 e. The number of nitrogens with zero attached hydrogens (tertiary/aromatic N) is 3. The molecule has 1 aliphatic carbocycles. The first-order valence-electron chi connectivity index (χ1n) is 7.98. The van der Waals surface area contributed by atoms with Gasteiger partial charge < -0.3 is 15.1 Å². The number of aromatic nitrogens is 2. The molecule has 1 aromatic heterocycles. The van der Waals surface area contributed by atoms with Gasteiger partial charge in [0.15, 0.2) is 0 Å². The van der Waals surface area contributed by atoms with Crippen LogP contribution in [0.3, 0.4) is 0 Å². The monoisotopic (exact) mass is 313 g/mol. The molecule has 2 aromatic rings. The smallest absolute Gasteiger partial charge is 0.253 e. The van der Waals surface area contributed by atoms with Crippen molar-refractivity contribution in [1.29, 1.82) is 0 Å². The van der Waals surface area contributed by atoms with Gasteiger partial charge >= 0.3 is 0 Å². The van der Waals surface area contributed by atoms with Crippen LogP contribution in [0.25, 0.3) is 11.0 Å². The number of fused-ring (bicyclic) bond motifs is 2. The summed E-state index contributed by atoms with van der Waals surface area (Å²) in [6.45, 7) is 1.29. The molecule has 6 nitrogen and oxygen atoms in total. The van der Waals surface area contributed by atoms with E-state index in [-0.39, 0.29) is 17.7 Å². The third kappa shape index (κ3) is 2.58. The number of amides is 1. The SMILES string of the molecule is O=C(c1ccc2nccnc2c1)N1C[C@H]2C[C@H](O)[C@@H](O)C[C@H]2C1. The minimum atomic E-state index is -0.665. The van der Waals surface area contributed by atoms with Crippen LogP contribution in [0.15, 0.2) is 30.6 Å². The van der Waals surface area contributed by atoms with Gasteiger partial charge in [-0.1, -0.05) is 0 Å². The molecule has 0 unspecified atom stereocenters. The Hall–Kier alpha value is -2.05. The van der Waals surface area contributed by atoms with E-state index in [4.69, 9.17) is 0 Å². The highest BCUT2D eigenvalue weighted by Crippen LogP contribution is 2.37. The van der Waals surface area contributed by atoms with Crippen molar-refractivity contribution in [2.75, 3.05) is 13.1 Å². The first kappa shape index (κ1) is 14.5. The normalized spacial score (nSPS) is 30.4. The summed E-state index contributed by atoms with van der Waals surface area (Å²) in [6.07, 6.45) is 3.05. The Morgan fingerprint density at radius 2 is 1.61 bits per heavy atom. The van der Waals surface area contributed by atoms with Gasteiger partial charge in [0, 0.05) is 31.0 Å². The van der Waals surface area contributed by atoms with E-state index in [0.29, 0.717) is 37.0 Å². The molecule has 2 fully saturated rings. The van der Waals surface area contributed by atoms with Crippen molar-refractivity contribution in [1.82, 2.24) is 14.9 Å². The standard InChI is InChI=1S/C17H19N3O3/c21-15-6-11-8-20(9-12(11)7-16(15)22)17(23)10-1-2-13-14(5-10)19-4-3-18-13/h1-5,11-12,15-16,21-22H,6-9H2/t11-,12+,15-,16-/m0/s1. The van der Waals surface area contributed by atoms with E-state index in [0.717, 1.165) is 5.52 Å². The molecule has 2 aliphatic rings. The lowest BCUT2D eigenvalue weighted by Gasteiger charge is -2.31. The highest BCUT2D eigenvalue weighted by Gasteiger charge is 2.42. The number of aliphatic hydroxyl groups excluding tert-OH is 2. The zero-order valence-corrected chi connectivity index (χ0v) is 12.7. The third-order valence-corrected chi connectivity index (χ3v) is 5.11. The zero-order chi connectivity index (χ0) is 16.0. The fraction of sp³-hybridized carbons (Fsp3) is 0.471. The Morgan fingerprint density at radius 1 is 1.00 bits per heavy atom. The first-order chi connectivity index (χ1) is 11.1. The number of hydrogen-bond donors (Lipinski definition) is 2. The van der Waals surface area contributed by atoms with Gasteiger partial charge in [0.05, 0.1) is 23.2 Å². The van der Waals surface area contributed by atoms with Gasteiger partial charge in [0.25, 0.3) is 5.91 Å². The molecule has 1 amide bonds. The molecule has 0 radical (unpaired) electrons. The number of carbonyl (C=O) groups excluding carboxylic acids is 1. The molecule has 1 aromatic carbocycles. The maximum Gasteiger partial charge on any atom is 0.253 e. The summed E-state index contributed by atoms with van der Waals surface area (Å²) >= 11 is 0. The van der Waals surface area contributed by atoms with Crippen LogP contribution in [0.1, 0.15) is 23.2 Å². The summed E-state index contributed by atoms with van der Waals surface area (Å²) in [5.41, 5.74) is 2.09. The second-order valence-electron chi connectivity index (χ2n) is 6.60. The predicted molar refractivity (Wildman–Crippen MR) is 83.7 cm³/mol. The summed E-state index contributed by atoms with van der Waals surface area (Å²) < 4.78 is 0. The number of carbonyl (C=O) groups is 1. The summed E-state index contributed by atoms with van der Waals surface area (Å²) in [4.78, 5) is 23.0. The molecule has 2 N–H and O–H groups in total. The van der Waals surface area contributed by atoms with Crippen LogP contribution in [-0.2, 0) is 0 Å². The van der Waals surface area contributed by atoms with E-state index >= 15 is 0 Å². The fourth-order valence-electron chi connectivity index (χ4n) is 3.85. The van der Waals surface area contributed by atoms with Crippen LogP contribution in [0.5, 0.6) is 0 Å². The quantitative estimate of drug-likeness (QED) is 0.814. The molecule has 0 spiro atoms. The lowest BCUT2D eigenvalue weighted by atomic mass is 9.79. The molecule has 1 aliphatic heterocycles. The molecule has 23 heavy (non-hydrogen) atoms. The van der Waals surface area contributed by atoms with Crippen molar-refractivity contribution in [2.24, 2.45) is 11.8 Å². The van der Waals surface area contributed by atoms with Crippen molar-refractivity contribution in [3.8, 4) is 0 Å². The van der Waals surface area contributed by atoms with Crippen LogP contribution in [0, 0.1) is 11.8 Å². The van der Waals surface area contributed by atoms with Crippen LogP contribution in [0.4, 0.5) is 0 Å². The Kier molecular flexibility index (Phi) is 3.50. The van der Waals surface area contributed by atoms with Crippen LogP contribution in [-0.4, -0.2) is 56.3 Å². The second kappa shape index (κ2) is 5.54. The number of likely N-dealkylation sites (tertiary alicyclic amines) is 1. The van der Waals surface area contributed by atoms with E-state index in [9.17, 15) is 15.0 Å². The number of hydrogen-bond acceptors (Lipinski definition) is 5. The van der Waals surface area contributed by atoms with Crippen molar-refractivity contribution in [2.45, 2.75) is 25.0 Å². The maximum absolute atomic E-state index is 12.7. The topological polar surface area (TPSA) is 86.6 Å². The Morgan fingerprint density at radius 3 is 2.26 bits per heavy atom. The lowest BCUT2D eigenvalue weighted by molar-refractivity contribution is -0.0372. The molecular weight excluding hydrogens is 294 g/mol. The van der Waals surface area contributed by atoms with Crippen LogP contribution < -0.4 is 0 Å². The highest BCUT2D eigenvalue weighted by atomic mass is 16.3. The van der Waals surface area contributed by atoms with E-state index in [1.54, 1.807) is 24.5 Å². The molecule has 1 saturated heterocycles. The number of rotatable bonds is 1. The Labute approximate surface area is 133 Å². The average Bonchev–Trinajstić information content (AvgIpc) is 2.97. The fourth-order valence-corrected chi connectivity index (χ4v) is 3.85. The minimum absolute atomic E-state index is 0.0177. The number of aliphatic hydroxyl groups is 2. The summed E-state index contributed by atoms with van der Waals surface area (Å²) in [6, 6.07) is 5.37. The third-order valence-electron chi connectivity index (χ3n) is 5.11. The van der Waals surface area contributed by atoms with Crippen molar-refractivity contribution in [3.05, 3.63) is 36.2 Å². The summed E-state index contributed by atoms with van der Waals surface area (Å²) in [7, 11) is 0. The van der Waals surface area contributed by atoms with E-state index in [2.05, 4.69) is 9.97 Å². The van der Waals surface area contributed by atoms with E-state index in [1.165, 1.54) is 0 Å². The molecule has 1 saturated carbocycles. The maximum atomic E-state index is 12.7. The molecule has 6 heteroatoms. The van der Waals surface area contributed by atoms with Gasteiger partial charge in [-0.05, 0) is 42.9 Å². The van der Waals surface area contributed by atoms with Crippen molar-refractivity contribution >= 4 is 16.9 Å². The lowest BCUT2D eigenvalue weighted by Crippen LogP contribution is -2.38. The van der Waals surface area contributed by atoms with E-state index < -0.39 is 12.2 Å². The molecule has 4 rings (SSSR count). The predicted octanol–water partition coefficient (Wildman–Crippen LogP) is 0.834. The van der Waals surface area contributed by atoms with Crippen LogP contribution >= 0.6 is 0 Å². The molecule has 2 heterocycles. The molecule has 120 valence electrons. The van der Waals surface area contributed by atoms with Gasteiger partial charge in [-0.15, -0.1) is 0 Å². The van der Waals surface area contributed by atoms with E-state index in [1.807, 2.05) is 11.0 Å². The summed E-state index contributed by atoms with van der Waals surface area (Å²) in [5.74, 6) is 0.533. The molecule has 0 bridgehead atoms. The van der Waals surface area contributed by atoms with Gasteiger partial charge in [0.2, 0.25) is 0 Å². The Bertz CT molecular complexity index is 733. The first-order valence-corrected chi connectivity index (χ1v) is 7.98. The van der Waals surface area contributed by atoms with Gasteiger partial charge in [-0.2, -0.15) is 0 Å². The van der Waals surface area contributed by atoms with Gasteiger partial charge in [-0.3, -0.25) is 14.8 Å². The largest absolute Gasteiger partial charge is 0.390 e. The molecule has 4 atom stereocenters. The van der Waals surface area contributed by atoms with Crippen LogP contribution in [0.2, 0.25) is 0 Å². The van der Waals surface area contributed by atoms with Gasteiger partial charge in [-0.25, -0.2) is 0 Å². The van der Waals surface area contributed by atoms with Gasteiger partial charge in [0.1, 0.15) is 0 Å². The molecular formula is C17H19N3O3.